The molecule has 0 bridgehead atoms. The maximum Gasteiger partial charge on any atom is 0.321 e. The van der Waals surface area contributed by atoms with E-state index in [1.54, 1.807) is 41.2 Å². The van der Waals surface area contributed by atoms with Crippen LogP contribution in [0.15, 0.2) is 48.7 Å². The average Bonchev–Trinajstić information content (AvgIpc) is 3.52. The molecule has 0 unspecified atom stereocenters. The molecule has 10 nitrogen and oxygen atoms in total. The molecule has 3 aliphatic heterocycles. The first-order valence-corrected chi connectivity index (χ1v) is 12.8. The third-order valence-corrected chi connectivity index (χ3v) is 7.95. The highest BCUT2D eigenvalue weighted by Crippen LogP contribution is 2.44. The molecule has 0 aliphatic carbocycles. The molecular weight excluding hydrogens is 484 g/mol. The summed E-state index contributed by atoms with van der Waals surface area (Å²) in [5.41, 5.74) is 8.48. The van der Waals surface area contributed by atoms with E-state index < -0.39 is 5.41 Å². The second-order valence-corrected chi connectivity index (χ2v) is 9.86. The first-order chi connectivity index (χ1) is 18.4. The molecule has 10 heteroatoms. The van der Waals surface area contributed by atoms with Crippen molar-refractivity contribution >= 4 is 41.0 Å². The number of nitrogens with one attached hydrogen (secondary N) is 2. The van der Waals surface area contributed by atoms with E-state index >= 15 is 0 Å². The molecule has 3 aliphatic rings. The summed E-state index contributed by atoms with van der Waals surface area (Å²) in [5, 5.41) is 10.3. The van der Waals surface area contributed by atoms with Crippen LogP contribution in [0.4, 0.5) is 16.2 Å². The molecule has 38 heavy (non-hydrogen) atoms. The zero-order valence-electron chi connectivity index (χ0n) is 21.4. The molecule has 0 saturated carbocycles. The van der Waals surface area contributed by atoms with Gasteiger partial charge in [0.25, 0.3) is 5.91 Å². The summed E-state index contributed by atoms with van der Waals surface area (Å²) in [7, 11) is 1.55. The van der Waals surface area contributed by atoms with Crippen molar-refractivity contribution in [3.63, 3.8) is 0 Å². The summed E-state index contributed by atoms with van der Waals surface area (Å²) in [6.07, 6.45) is 4.49. The minimum Gasteiger partial charge on any atom is -0.496 e. The van der Waals surface area contributed by atoms with Gasteiger partial charge >= 0.3 is 6.03 Å². The Balaban J connectivity index is 1.24. The molecule has 0 atom stereocenters. The van der Waals surface area contributed by atoms with Gasteiger partial charge in [0.05, 0.1) is 12.5 Å². The van der Waals surface area contributed by atoms with E-state index in [2.05, 4.69) is 5.32 Å². The van der Waals surface area contributed by atoms with Crippen LogP contribution in [-0.2, 0) is 4.79 Å². The number of carbonyl (C=O) groups is 3. The van der Waals surface area contributed by atoms with Crippen LogP contribution < -0.4 is 25.6 Å². The normalized spacial score (nSPS) is 19.2. The zero-order chi connectivity index (χ0) is 26.9. The first-order valence-electron chi connectivity index (χ1n) is 12.8. The fourth-order valence-electron chi connectivity index (χ4n) is 5.66. The van der Waals surface area contributed by atoms with Gasteiger partial charge in [-0.05, 0) is 55.7 Å². The Morgan fingerprint density at radius 3 is 2.29 bits per heavy atom. The molecule has 4 amide bonds. The van der Waals surface area contributed by atoms with E-state index in [4.69, 9.17) is 15.9 Å². The quantitative estimate of drug-likeness (QED) is 0.508. The van der Waals surface area contributed by atoms with Crippen LogP contribution in [0.2, 0.25) is 0 Å². The van der Waals surface area contributed by atoms with E-state index in [1.165, 1.54) is 12.4 Å². The number of carbonyl (C=O) groups excluding carboxylic acids is 3. The molecule has 2 aromatic carbocycles. The van der Waals surface area contributed by atoms with Gasteiger partial charge in [0.2, 0.25) is 5.91 Å². The average molecular weight is 517 g/mol. The van der Waals surface area contributed by atoms with Crippen molar-refractivity contribution in [1.82, 2.24) is 10.2 Å². The molecular formula is C28H32N6O4. The standard InChI is InChI=1S/C28H32N6O4/c1-38-24-16-22(6-7-23(24)20(17-29)18-30)33-14-10-28(26(33)36)8-12-32(13-9-28)25(35)19-2-4-21(5-3-19)34-15-11-31-27(34)37/h2-7,16-18,29H,8-15,30H2,1H3,(H,31,37)/b20-18+,29-17?. The number of allylic oxidation sites excluding steroid dienone is 1. The van der Waals surface area contributed by atoms with Gasteiger partial charge in [0, 0.05) is 79.3 Å². The van der Waals surface area contributed by atoms with E-state index in [-0.39, 0.29) is 17.8 Å². The molecule has 3 heterocycles. The molecule has 0 aromatic heterocycles. The summed E-state index contributed by atoms with van der Waals surface area (Å²) in [6, 6.07) is 12.5. The lowest BCUT2D eigenvalue weighted by atomic mass is 9.77. The SMILES string of the molecule is COc1cc(N2CCC3(CCN(C(=O)c4ccc(N5CCNC5=O)cc4)CC3)C2=O)ccc1/C(C=N)=C/N. The Morgan fingerprint density at radius 2 is 1.68 bits per heavy atom. The lowest BCUT2D eigenvalue weighted by Crippen LogP contribution is -2.46. The first kappa shape index (κ1) is 25.3. The van der Waals surface area contributed by atoms with E-state index in [0.717, 1.165) is 17.8 Å². The number of hydrogen-bond acceptors (Lipinski definition) is 6. The number of hydrogen-bond donors (Lipinski definition) is 3. The van der Waals surface area contributed by atoms with Gasteiger partial charge in [-0.1, -0.05) is 0 Å². The fraction of sp³-hybridized carbons (Fsp3) is 0.357. The number of ether oxygens (including phenoxy) is 1. The van der Waals surface area contributed by atoms with E-state index in [0.29, 0.717) is 68.0 Å². The second kappa shape index (κ2) is 10.2. The number of anilines is 2. The van der Waals surface area contributed by atoms with Gasteiger partial charge in [-0.25, -0.2) is 4.79 Å². The number of amides is 4. The number of likely N-dealkylation sites (tertiary alicyclic amines) is 1. The van der Waals surface area contributed by atoms with Gasteiger partial charge in [-0.3, -0.25) is 14.5 Å². The monoisotopic (exact) mass is 516 g/mol. The van der Waals surface area contributed by atoms with Gasteiger partial charge in [-0.2, -0.15) is 0 Å². The molecule has 4 N–H and O–H groups in total. The molecule has 3 fully saturated rings. The topological polar surface area (TPSA) is 132 Å². The minimum atomic E-state index is -0.479. The van der Waals surface area contributed by atoms with Gasteiger partial charge in [0.1, 0.15) is 5.75 Å². The largest absolute Gasteiger partial charge is 0.496 e. The second-order valence-electron chi connectivity index (χ2n) is 9.86. The van der Waals surface area contributed by atoms with Crippen LogP contribution in [0.5, 0.6) is 5.75 Å². The van der Waals surface area contributed by atoms with Gasteiger partial charge in [-0.15, -0.1) is 0 Å². The summed E-state index contributed by atoms with van der Waals surface area (Å²) >= 11 is 0. The zero-order valence-corrected chi connectivity index (χ0v) is 21.4. The Labute approximate surface area is 221 Å². The molecule has 3 saturated heterocycles. The summed E-state index contributed by atoms with van der Waals surface area (Å²) in [4.78, 5) is 44.0. The van der Waals surface area contributed by atoms with Gasteiger partial charge < -0.3 is 31.0 Å². The Kier molecular flexibility index (Phi) is 6.79. The summed E-state index contributed by atoms with van der Waals surface area (Å²) < 4.78 is 5.52. The van der Waals surface area contributed by atoms with Crippen molar-refractivity contribution in [3.05, 3.63) is 59.8 Å². The van der Waals surface area contributed by atoms with Crippen molar-refractivity contribution < 1.29 is 19.1 Å². The number of piperidine rings is 1. The van der Waals surface area contributed by atoms with Crippen molar-refractivity contribution in [2.75, 3.05) is 49.6 Å². The smallest absolute Gasteiger partial charge is 0.321 e. The lowest BCUT2D eigenvalue weighted by molar-refractivity contribution is -0.127. The maximum absolute atomic E-state index is 13.6. The van der Waals surface area contributed by atoms with E-state index in [9.17, 15) is 14.4 Å². The molecule has 5 rings (SSSR count). The Hall–Kier alpha value is -4.34. The van der Waals surface area contributed by atoms with Crippen molar-refractivity contribution in [2.24, 2.45) is 11.1 Å². The summed E-state index contributed by atoms with van der Waals surface area (Å²) in [5.74, 6) is 0.567. The number of benzene rings is 2. The van der Waals surface area contributed by atoms with Crippen molar-refractivity contribution in [2.45, 2.75) is 19.3 Å². The maximum atomic E-state index is 13.6. The Morgan fingerprint density at radius 1 is 1.00 bits per heavy atom. The van der Waals surface area contributed by atoms with Gasteiger partial charge in [0.15, 0.2) is 0 Å². The predicted octanol–water partition coefficient (Wildman–Crippen LogP) is 2.83. The van der Waals surface area contributed by atoms with Crippen LogP contribution in [0.25, 0.3) is 5.57 Å². The van der Waals surface area contributed by atoms with Crippen LogP contribution >= 0.6 is 0 Å². The highest BCUT2D eigenvalue weighted by Gasteiger charge is 2.49. The minimum absolute atomic E-state index is 0.0603. The van der Waals surface area contributed by atoms with Crippen molar-refractivity contribution in [1.29, 1.82) is 5.41 Å². The van der Waals surface area contributed by atoms with E-state index in [1.807, 2.05) is 23.1 Å². The number of methoxy groups -OCH3 is 1. The highest BCUT2D eigenvalue weighted by atomic mass is 16.5. The number of rotatable bonds is 6. The molecule has 0 radical (unpaired) electrons. The molecule has 2 aromatic rings. The number of urea groups is 1. The van der Waals surface area contributed by atoms with Crippen LogP contribution in [0.1, 0.15) is 35.2 Å². The van der Waals surface area contributed by atoms with Crippen LogP contribution in [0.3, 0.4) is 0 Å². The number of nitrogens with zero attached hydrogens (tertiary/aromatic N) is 3. The Bertz CT molecular complexity index is 1300. The third-order valence-electron chi connectivity index (χ3n) is 7.95. The summed E-state index contributed by atoms with van der Waals surface area (Å²) in [6.45, 7) is 2.85. The number of nitrogens with two attached hydrogens (primary N) is 1. The lowest BCUT2D eigenvalue weighted by Gasteiger charge is -2.38. The molecule has 1 spiro atoms. The molecule has 198 valence electrons. The highest BCUT2D eigenvalue weighted by molar-refractivity contribution is 6.09. The van der Waals surface area contributed by atoms with Crippen LogP contribution in [-0.4, -0.2) is 68.8 Å². The van der Waals surface area contributed by atoms with Crippen molar-refractivity contribution in [3.8, 4) is 5.75 Å². The van der Waals surface area contributed by atoms with Crippen LogP contribution in [0, 0.1) is 10.8 Å². The fourth-order valence-corrected chi connectivity index (χ4v) is 5.66. The predicted molar refractivity (Wildman–Crippen MR) is 146 cm³/mol. The third kappa shape index (κ3) is 4.36.